The standard InChI is InChI=1S/C22H28N2O3S2/c1-3-28-21-11-7-6-10-20(21)23-22(25)19-16-18(13-12-17(19)2)29(26,27)24-14-8-4-5-9-15-24/h6-7,10-13,16H,3-5,8-9,14-15H2,1-2H3,(H,23,25). The summed E-state index contributed by atoms with van der Waals surface area (Å²) in [7, 11) is -3.60. The lowest BCUT2D eigenvalue weighted by Crippen LogP contribution is -2.32. The molecular formula is C22H28N2O3S2. The van der Waals surface area contributed by atoms with Gasteiger partial charge in [0.25, 0.3) is 5.91 Å². The average molecular weight is 433 g/mol. The molecule has 0 aliphatic carbocycles. The zero-order chi connectivity index (χ0) is 20.9. The van der Waals surface area contributed by atoms with Crippen LogP contribution in [0.15, 0.2) is 52.3 Å². The fourth-order valence-corrected chi connectivity index (χ4v) is 5.78. The van der Waals surface area contributed by atoms with Crippen LogP contribution in [0, 0.1) is 6.92 Å². The lowest BCUT2D eigenvalue weighted by atomic mass is 10.1. The van der Waals surface area contributed by atoms with E-state index in [1.54, 1.807) is 28.2 Å². The Bertz CT molecular complexity index is 966. The van der Waals surface area contributed by atoms with Gasteiger partial charge in [-0.05, 0) is 55.3 Å². The summed E-state index contributed by atoms with van der Waals surface area (Å²) in [6, 6.07) is 12.5. The predicted octanol–water partition coefficient (Wildman–Crippen LogP) is 4.92. The Balaban J connectivity index is 1.88. The van der Waals surface area contributed by atoms with Gasteiger partial charge in [0.1, 0.15) is 0 Å². The molecule has 0 radical (unpaired) electrons. The summed E-state index contributed by atoms with van der Waals surface area (Å²) < 4.78 is 27.8. The van der Waals surface area contributed by atoms with Crippen molar-refractivity contribution in [1.29, 1.82) is 0 Å². The number of thioether (sulfide) groups is 1. The number of aryl methyl sites for hydroxylation is 1. The fraction of sp³-hybridized carbons (Fsp3) is 0.409. The van der Waals surface area contributed by atoms with E-state index in [1.807, 2.05) is 31.2 Å². The topological polar surface area (TPSA) is 66.5 Å². The second kappa shape index (κ2) is 9.78. The van der Waals surface area contributed by atoms with Gasteiger partial charge in [0.15, 0.2) is 0 Å². The molecule has 3 rings (SSSR count). The molecule has 5 nitrogen and oxygen atoms in total. The number of carbonyl (C=O) groups excluding carboxylic acids is 1. The summed E-state index contributed by atoms with van der Waals surface area (Å²) in [5.74, 6) is 0.606. The molecular weight excluding hydrogens is 404 g/mol. The Labute approximate surface area is 177 Å². The van der Waals surface area contributed by atoms with E-state index in [0.717, 1.165) is 47.6 Å². The molecule has 1 saturated heterocycles. The highest BCUT2D eigenvalue weighted by Gasteiger charge is 2.26. The summed E-state index contributed by atoms with van der Waals surface area (Å²) in [5, 5.41) is 2.95. The Hall–Kier alpha value is -1.83. The van der Waals surface area contributed by atoms with Crippen molar-refractivity contribution in [1.82, 2.24) is 4.31 Å². The second-order valence-electron chi connectivity index (χ2n) is 7.18. The minimum absolute atomic E-state index is 0.186. The lowest BCUT2D eigenvalue weighted by molar-refractivity contribution is 0.102. The number of benzene rings is 2. The van der Waals surface area contributed by atoms with Crippen LogP contribution in [0.25, 0.3) is 0 Å². The van der Waals surface area contributed by atoms with Crippen LogP contribution in [-0.2, 0) is 10.0 Å². The quantitative estimate of drug-likeness (QED) is 0.658. The number of para-hydroxylation sites is 1. The Kier molecular flexibility index (Phi) is 7.38. The highest BCUT2D eigenvalue weighted by Crippen LogP contribution is 2.28. The molecule has 1 aliphatic rings. The number of hydrogen-bond acceptors (Lipinski definition) is 4. The van der Waals surface area contributed by atoms with E-state index in [2.05, 4.69) is 12.2 Å². The Morgan fingerprint density at radius 1 is 1.07 bits per heavy atom. The van der Waals surface area contributed by atoms with Gasteiger partial charge in [-0.3, -0.25) is 4.79 Å². The minimum Gasteiger partial charge on any atom is -0.321 e. The van der Waals surface area contributed by atoms with Gasteiger partial charge >= 0.3 is 0 Å². The molecule has 0 saturated carbocycles. The van der Waals surface area contributed by atoms with Crippen molar-refractivity contribution in [3.63, 3.8) is 0 Å². The zero-order valence-corrected chi connectivity index (χ0v) is 18.6. The number of rotatable bonds is 6. The smallest absolute Gasteiger partial charge is 0.256 e. The van der Waals surface area contributed by atoms with E-state index in [1.165, 1.54) is 6.07 Å². The molecule has 0 unspecified atom stereocenters. The maximum atomic E-state index is 13.1. The van der Waals surface area contributed by atoms with Gasteiger partial charge in [0.2, 0.25) is 10.0 Å². The SMILES string of the molecule is CCSc1ccccc1NC(=O)c1cc(S(=O)(=O)N2CCCCCC2)ccc1C. The van der Waals surface area contributed by atoms with Crippen LogP contribution in [0.4, 0.5) is 5.69 Å². The lowest BCUT2D eigenvalue weighted by Gasteiger charge is -2.20. The highest BCUT2D eigenvalue weighted by atomic mass is 32.2. The van der Waals surface area contributed by atoms with E-state index < -0.39 is 10.0 Å². The van der Waals surface area contributed by atoms with Crippen molar-refractivity contribution in [2.45, 2.75) is 49.3 Å². The normalized spacial score (nSPS) is 15.7. The molecule has 1 aliphatic heterocycles. The van der Waals surface area contributed by atoms with Crippen molar-refractivity contribution in [3.8, 4) is 0 Å². The van der Waals surface area contributed by atoms with Gasteiger partial charge in [0, 0.05) is 23.5 Å². The van der Waals surface area contributed by atoms with E-state index in [0.29, 0.717) is 18.7 Å². The van der Waals surface area contributed by atoms with Crippen LogP contribution in [0.2, 0.25) is 0 Å². The highest BCUT2D eigenvalue weighted by molar-refractivity contribution is 7.99. The van der Waals surface area contributed by atoms with E-state index in [-0.39, 0.29) is 10.8 Å². The Morgan fingerprint density at radius 3 is 2.45 bits per heavy atom. The van der Waals surface area contributed by atoms with Crippen molar-refractivity contribution in [3.05, 3.63) is 53.6 Å². The van der Waals surface area contributed by atoms with Crippen molar-refractivity contribution in [2.24, 2.45) is 0 Å². The number of nitrogens with zero attached hydrogens (tertiary/aromatic N) is 1. The van der Waals surface area contributed by atoms with Gasteiger partial charge in [-0.15, -0.1) is 11.8 Å². The van der Waals surface area contributed by atoms with E-state index in [9.17, 15) is 13.2 Å². The molecule has 1 fully saturated rings. The molecule has 156 valence electrons. The Morgan fingerprint density at radius 2 is 1.76 bits per heavy atom. The largest absolute Gasteiger partial charge is 0.321 e. The zero-order valence-electron chi connectivity index (χ0n) is 17.0. The summed E-state index contributed by atoms with van der Waals surface area (Å²) in [5.41, 5.74) is 1.87. The molecule has 1 amide bonds. The second-order valence-corrected chi connectivity index (χ2v) is 10.4. The van der Waals surface area contributed by atoms with Gasteiger partial charge in [-0.1, -0.05) is 38.0 Å². The summed E-state index contributed by atoms with van der Waals surface area (Å²) in [6.45, 7) is 4.97. The fourth-order valence-electron chi connectivity index (χ4n) is 3.48. The molecule has 2 aromatic rings. The molecule has 0 aromatic heterocycles. The van der Waals surface area contributed by atoms with Gasteiger partial charge < -0.3 is 5.32 Å². The number of carbonyl (C=O) groups is 1. The molecule has 2 aromatic carbocycles. The molecule has 7 heteroatoms. The summed E-state index contributed by atoms with van der Waals surface area (Å²) in [4.78, 5) is 14.2. The minimum atomic E-state index is -3.60. The third-order valence-corrected chi connectivity index (χ3v) is 7.94. The number of sulfonamides is 1. The first-order valence-corrected chi connectivity index (χ1v) is 12.5. The molecule has 0 atom stereocenters. The number of nitrogens with one attached hydrogen (secondary N) is 1. The molecule has 0 spiro atoms. The first kappa shape index (κ1) is 21.9. The average Bonchev–Trinajstić information content (AvgIpc) is 3.00. The van der Waals surface area contributed by atoms with Crippen molar-refractivity contribution >= 4 is 33.4 Å². The maximum Gasteiger partial charge on any atom is 0.256 e. The third-order valence-electron chi connectivity index (χ3n) is 5.09. The van der Waals surface area contributed by atoms with Crippen LogP contribution in [0.5, 0.6) is 0 Å². The number of hydrogen-bond donors (Lipinski definition) is 1. The number of amides is 1. The molecule has 1 heterocycles. The summed E-state index contributed by atoms with van der Waals surface area (Å²) in [6.07, 6.45) is 3.88. The molecule has 0 bridgehead atoms. The van der Waals surface area contributed by atoms with Gasteiger partial charge in [-0.2, -0.15) is 4.31 Å². The summed E-state index contributed by atoms with van der Waals surface area (Å²) >= 11 is 1.65. The van der Waals surface area contributed by atoms with Crippen LogP contribution in [0.3, 0.4) is 0 Å². The van der Waals surface area contributed by atoms with Crippen LogP contribution >= 0.6 is 11.8 Å². The van der Waals surface area contributed by atoms with E-state index >= 15 is 0 Å². The van der Waals surface area contributed by atoms with Crippen LogP contribution in [0.1, 0.15) is 48.5 Å². The van der Waals surface area contributed by atoms with Gasteiger partial charge in [-0.25, -0.2) is 8.42 Å². The van der Waals surface area contributed by atoms with Crippen molar-refractivity contribution in [2.75, 3.05) is 24.2 Å². The van der Waals surface area contributed by atoms with Crippen molar-refractivity contribution < 1.29 is 13.2 Å². The maximum absolute atomic E-state index is 13.1. The first-order chi connectivity index (χ1) is 13.9. The van der Waals surface area contributed by atoms with E-state index in [4.69, 9.17) is 0 Å². The monoisotopic (exact) mass is 432 g/mol. The first-order valence-electron chi connectivity index (χ1n) is 10.1. The molecule has 29 heavy (non-hydrogen) atoms. The third kappa shape index (κ3) is 5.21. The predicted molar refractivity (Wildman–Crippen MR) is 119 cm³/mol. The number of anilines is 1. The molecule has 1 N–H and O–H groups in total. The van der Waals surface area contributed by atoms with Crippen LogP contribution in [-0.4, -0.2) is 37.5 Å². The van der Waals surface area contributed by atoms with Crippen LogP contribution < -0.4 is 5.32 Å². The van der Waals surface area contributed by atoms with Gasteiger partial charge in [0.05, 0.1) is 10.6 Å².